The molecule has 1 rings (SSSR count). The number of nitriles is 2. The third-order valence-electron chi connectivity index (χ3n) is 1.23. The van der Waals surface area contributed by atoms with Crippen LogP contribution in [0, 0.1) is 22.5 Å². The Labute approximate surface area is 83.1 Å². The summed E-state index contributed by atoms with van der Waals surface area (Å²) in [6, 6.07) is 8.71. The third kappa shape index (κ3) is 5.65. The van der Waals surface area contributed by atoms with Gasteiger partial charge >= 0.3 is 6.92 Å². The fourth-order valence-electron chi connectivity index (χ4n) is 0.562. The normalized spacial score (nSPS) is 7.36. The summed E-state index contributed by atoms with van der Waals surface area (Å²) in [6.07, 6.45) is 0. The smallest absolute Gasteiger partial charge is 0.508 e. The van der Waals surface area contributed by atoms with E-state index in [1.807, 2.05) is 6.07 Å². The second-order valence-corrected chi connectivity index (χ2v) is 2.21. The molecule has 70 valence electrons. The Bertz CT molecular complexity index is 315. The monoisotopic (exact) mass is 188 g/mol. The zero-order valence-corrected chi connectivity index (χ0v) is 7.71. The van der Waals surface area contributed by atoms with E-state index in [0.29, 0.717) is 5.75 Å². The molecule has 0 saturated carbocycles. The van der Waals surface area contributed by atoms with Gasteiger partial charge in [0, 0.05) is 7.11 Å². The average molecular weight is 188 g/mol. The molecule has 0 spiro atoms. The van der Waals surface area contributed by atoms with Crippen molar-refractivity contribution >= 4 is 6.92 Å². The van der Waals surface area contributed by atoms with Crippen molar-refractivity contribution in [2.24, 2.45) is 0 Å². The predicted molar refractivity (Wildman–Crippen MR) is 52.1 cm³/mol. The molecule has 0 radical (unpaired) electrons. The van der Waals surface area contributed by atoms with Crippen molar-refractivity contribution in [1.29, 1.82) is 10.5 Å². The van der Waals surface area contributed by atoms with Crippen LogP contribution >= 0.6 is 0 Å². The van der Waals surface area contributed by atoms with Gasteiger partial charge in [-0.15, -0.1) is 0 Å². The minimum absolute atomic E-state index is 0.322. The van der Waals surface area contributed by atoms with Gasteiger partial charge in [-0.05, 0) is 12.1 Å². The molecule has 0 atom stereocenters. The van der Waals surface area contributed by atoms with Crippen molar-refractivity contribution < 1.29 is 9.76 Å². The van der Waals surface area contributed by atoms with Crippen LogP contribution < -0.4 is 0 Å². The highest BCUT2D eigenvalue weighted by atomic mass is 16.4. The summed E-state index contributed by atoms with van der Waals surface area (Å²) >= 11 is 0. The van der Waals surface area contributed by atoms with Crippen LogP contribution in [0.1, 0.15) is 0 Å². The number of aromatic hydroxyl groups is 1. The molecule has 0 aromatic heterocycles. The maximum Gasteiger partial charge on any atom is 0.528 e. The van der Waals surface area contributed by atoms with Crippen LogP contribution in [0.4, 0.5) is 0 Å². The standard InChI is InChI=1S/C6H6O.C3H3BN2O/c7-6-4-2-1-3-5-6;1-7-4(2-5)3-6/h1-5,7H;1H3. The summed E-state index contributed by atoms with van der Waals surface area (Å²) in [5.74, 6) is 3.56. The number of para-hydroxylation sites is 1. The molecule has 0 fully saturated rings. The van der Waals surface area contributed by atoms with E-state index in [9.17, 15) is 0 Å². The van der Waals surface area contributed by atoms with Crippen LogP contribution in [-0.2, 0) is 4.65 Å². The van der Waals surface area contributed by atoms with Gasteiger partial charge in [0.2, 0.25) is 0 Å². The van der Waals surface area contributed by atoms with E-state index < -0.39 is 6.92 Å². The first-order chi connectivity index (χ1) is 6.74. The van der Waals surface area contributed by atoms with Gasteiger partial charge in [0.05, 0.1) is 11.9 Å². The molecule has 0 amide bonds. The van der Waals surface area contributed by atoms with Crippen molar-refractivity contribution in [1.82, 2.24) is 0 Å². The summed E-state index contributed by atoms with van der Waals surface area (Å²) in [4.78, 5) is 0. The molecular formula is C9H9BN2O2. The summed E-state index contributed by atoms with van der Waals surface area (Å²) in [5, 5.41) is 24.5. The summed E-state index contributed by atoms with van der Waals surface area (Å²) in [5.41, 5.74) is 0. The van der Waals surface area contributed by atoms with E-state index in [4.69, 9.17) is 15.6 Å². The highest BCUT2D eigenvalue weighted by molar-refractivity contribution is 6.68. The number of hydrogen-bond acceptors (Lipinski definition) is 4. The Morgan fingerprint density at radius 3 is 1.86 bits per heavy atom. The number of phenolic OH excluding ortho intramolecular Hbond substituents is 1. The number of benzene rings is 1. The fraction of sp³-hybridized carbons (Fsp3) is 0.111. The molecule has 0 heterocycles. The first-order valence-corrected chi connectivity index (χ1v) is 3.80. The van der Waals surface area contributed by atoms with Gasteiger partial charge in [-0.1, -0.05) is 18.2 Å². The topological polar surface area (TPSA) is 77.0 Å². The van der Waals surface area contributed by atoms with Gasteiger partial charge < -0.3 is 9.76 Å². The average Bonchev–Trinajstić information content (AvgIpc) is 2.22. The van der Waals surface area contributed by atoms with Gasteiger partial charge in [0.1, 0.15) is 5.75 Å². The largest absolute Gasteiger partial charge is 0.528 e. The molecule has 0 aliphatic heterocycles. The highest BCUT2D eigenvalue weighted by Crippen LogP contribution is 2.02. The molecule has 14 heavy (non-hydrogen) atoms. The molecular weight excluding hydrogens is 179 g/mol. The number of nitrogens with zero attached hydrogens (tertiary/aromatic N) is 2. The molecule has 0 aliphatic rings. The van der Waals surface area contributed by atoms with Crippen LogP contribution in [0.25, 0.3) is 0 Å². The Balaban J connectivity index is 0.000000241. The summed E-state index contributed by atoms with van der Waals surface area (Å²) in [6.45, 7) is -0.903. The Morgan fingerprint density at radius 2 is 1.71 bits per heavy atom. The molecule has 5 heteroatoms. The first-order valence-electron chi connectivity index (χ1n) is 3.80. The maximum atomic E-state index is 8.63. The molecule has 1 aromatic rings. The zero-order chi connectivity index (χ0) is 10.8. The van der Waals surface area contributed by atoms with Crippen molar-refractivity contribution in [2.75, 3.05) is 7.11 Å². The lowest BCUT2D eigenvalue weighted by molar-refractivity contribution is 0.440. The molecule has 0 unspecified atom stereocenters. The Hall–Kier alpha value is -1.98. The van der Waals surface area contributed by atoms with Gasteiger partial charge in [-0.2, -0.15) is 0 Å². The highest BCUT2D eigenvalue weighted by Gasteiger charge is 2.09. The van der Waals surface area contributed by atoms with E-state index in [2.05, 4.69) is 4.65 Å². The summed E-state index contributed by atoms with van der Waals surface area (Å²) < 4.78 is 4.33. The molecule has 0 bridgehead atoms. The van der Waals surface area contributed by atoms with Crippen LogP contribution in [0.2, 0.25) is 0 Å². The number of phenols is 1. The second kappa shape index (κ2) is 7.66. The molecule has 0 aliphatic carbocycles. The van der Waals surface area contributed by atoms with Crippen LogP contribution in [0.3, 0.4) is 0 Å². The number of hydrogen-bond donors (Lipinski definition) is 1. The Kier molecular flexibility index (Phi) is 6.58. The predicted octanol–water partition coefficient (Wildman–Crippen LogP) is 1.14. The van der Waals surface area contributed by atoms with Gasteiger partial charge in [0.15, 0.2) is 0 Å². The molecule has 1 aromatic carbocycles. The van der Waals surface area contributed by atoms with Crippen molar-refractivity contribution in [3.63, 3.8) is 0 Å². The van der Waals surface area contributed by atoms with Crippen molar-refractivity contribution in [2.45, 2.75) is 0 Å². The van der Waals surface area contributed by atoms with Crippen molar-refractivity contribution in [3.8, 4) is 17.7 Å². The van der Waals surface area contributed by atoms with Gasteiger partial charge in [-0.3, -0.25) is 0 Å². The van der Waals surface area contributed by atoms with E-state index in [0.717, 1.165) is 0 Å². The minimum Gasteiger partial charge on any atom is -0.508 e. The van der Waals surface area contributed by atoms with Gasteiger partial charge in [0.25, 0.3) is 0 Å². The van der Waals surface area contributed by atoms with Crippen LogP contribution in [0.5, 0.6) is 5.75 Å². The lowest BCUT2D eigenvalue weighted by atomic mass is 9.73. The lowest BCUT2D eigenvalue weighted by Gasteiger charge is -1.82. The zero-order valence-electron chi connectivity index (χ0n) is 7.71. The SMILES string of the molecule is COB(C#N)C#N.Oc1ccccc1. The minimum atomic E-state index is -0.903. The van der Waals surface area contributed by atoms with Gasteiger partial charge in [-0.25, -0.2) is 10.5 Å². The quantitative estimate of drug-likeness (QED) is 0.670. The lowest BCUT2D eigenvalue weighted by Crippen LogP contribution is -2.09. The number of rotatable bonds is 1. The Morgan fingerprint density at radius 1 is 1.21 bits per heavy atom. The molecule has 4 nitrogen and oxygen atoms in total. The van der Waals surface area contributed by atoms with E-state index in [1.165, 1.54) is 7.11 Å². The van der Waals surface area contributed by atoms with Crippen molar-refractivity contribution in [3.05, 3.63) is 30.3 Å². The third-order valence-corrected chi connectivity index (χ3v) is 1.23. The van der Waals surface area contributed by atoms with E-state index in [1.54, 1.807) is 36.2 Å². The maximum absolute atomic E-state index is 8.63. The fourth-order valence-corrected chi connectivity index (χ4v) is 0.562. The van der Waals surface area contributed by atoms with E-state index >= 15 is 0 Å². The van der Waals surface area contributed by atoms with Crippen LogP contribution in [-0.4, -0.2) is 19.1 Å². The molecule has 1 N–H and O–H groups in total. The first kappa shape index (κ1) is 12.0. The van der Waals surface area contributed by atoms with Crippen LogP contribution in [0.15, 0.2) is 30.3 Å². The van der Waals surface area contributed by atoms with E-state index in [-0.39, 0.29) is 0 Å². The summed E-state index contributed by atoms with van der Waals surface area (Å²) in [7, 11) is 1.32. The molecule has 0 saturated heterocycles. The second-order valence-electron chi connectivity index (χ2n) is 2.21.